The molecule has 7 nitrogen and oxygen atoms in total. The highest BCUT2D eigenvalue weighted by atomic mass is 35.5. The topological polar surface area (TPSA) is 59.1 Å². The van der Waals surface area contributed by atoms with E-state index in [1.54, 1.807) is 0 Å². The molecule has 184 valence electrons. The quantitative estimate of drug-likeness (QED) is 0.620. The highest BCUT2D eigenvalue weighted by Gasteiger charge is 2.46. The lowest BCUT2D eigenvalue weighted by Crippen LogP contribution is -2.56. The molecule has 3 rings (SSSR count). The maximum Gasteiger partial charge on any atom is 0.230 e. The Bertz CT molecular complexity index is 557. The summed E-state index contributed by atoms with van der Waals surface area (Å²) in [6.07, 6.45) is 1.12. The third kappa shape index (κ3) is 7.34. The van der Waals surface area contributed by atoms with Gasteiger partial charge in [0.25, 0.3) is 0 Å². The van der Waals surface area contributed by atoms with Gasteiger partial charge in [-0.2, -0.15) is 0 Å². The zero-order valence-corrected chi connectivity index (χ0v) is 21.9. The zero-order chi connectivity index (χ0) is 20.3. The molecule has 3 aliphatic rings. The van der Waals surface area contributed by atoms with Crippen LogP contribution < -0.4 is 5.32 Å². The number of carbonyl (C=O) groups excluding carboxylic acids is 2. The van der Waals surface area contributed by atoms with Gasteiger partial charge in [-0.05, 0) is 40.7 Å². The molecule has 0 aromatic rings. The molecule has 0 radical (unpaired) electrons. The van der Waals surface area contributed by atoms with Gasteiger partial charge in [0.1, 0.15) is 0 Å². The van der Waals surface area contributed by atoms with Crippen molar-refractivity contribution >= 4 is 49.0 Å². The number of hydrogen-bond donors (Lipinski definition) is 1. The molecule has 0 spiro atoms. The average Bonchev–Trinajstić information content (AvgIpc) is 3.17. The summed E-state index contributed by atoms with van der Waals surface area (Å²) in [6.45, 7) is 17.1. The van der Waals surface area contributed by atoms with Crippen LogP contribution in [0.25, 0.3) is 0 Å². The molecular weight excluding hydrogens is 461 g/mol. The normalized spacial score (nSPS) is 25.1. The number of piperazine rings is 2. The van der Waals surface area contributed by atoms with Crippen molar-refractivity contribution in [3.05, 3.63) is 0 Å². The molecule has 3 saturated heterocycles. The smallest absolute Gasteiger partial charge is 0.230 e. The van der Waals surface area contributed by atoms with Crippen molar-refractivity contribution in [2.75, 3.05) is 65.4 Å². The second-order valence-corrected chi connectivity index (χ2v) is 9.32. The minimum absolute atomic E-state index is 0. The Labute approximate surface area is 206 Å². The molecule has 3 aliphatic heterocycles. The van der Waals surface area contributed by atoms with Crippen molar-refractivity contribution in [3.8, 4) is 0 Å². The SMILES string of the molecule is CC(C)N1CCN(C(=O)CC2(C(=O)N3CCN(C(C)C)CC3)CCNC2)CC1.Cl.Cl.Cl. The van der Waals surface area contributed by atoms with Crippen LogP contribution in [0.15, 0.2) is 0 Å². The van der Waals surface area contributed by atoms with Crippen molar-refractivity contribution in [3.63, 3.8) is 0 Å². The van der Waals surface area contributed by atoms with Crippen LogP contribution in [-0.4, -0.2) is 109 Å². The first-order valence-corrected chi connectivity index (χ1v) is 11.1. The number of hydrogen-bond acceptors (Lipinski definition) is 5. The third-order valence-corrected chi connectivity index (χ3v) is 6.92. The van der Waals surface area contributed by atoms with E-state index in [9.17, 15) is 9.59 Å². The number of amides is 2. The Morgan fingerprint density at radius 3 is 1.61 bits per heavy atom. The largest absolute Gasteiger partial charge is 0.340 e. The molecule has 0 aromatic heterocycles. The van der Waals surface area contributed by atoms with Gasteiger partial charge in [0.05, 0.1) is 5.41 Å². The number of nitrogens with zero attached hydrogens (tertiary/aromatic N) is 4. The van der Waals surface area contributed by atoms with E-state index in [4.69, 9.17) is 0 Å². The van der Waals surface area contributed by atoms with Gasteiger partial charge in [0.15, 0.2) is 0 Å². The Morgan fingerprint density at radius 1 is 0.774 bits per heavy atom. The summed E-state index contributed by atoms with van der Waals surface area (Å²) in [5.74, 6) is 0.344. The van der Waals surface area contributed by atoms with Crippen LogP contribution in [0.2, 0.25) is 0 Å². The van der Waals surface area contributed by atoms with Crippen LogP contribution in [0.1, 0.15) is 40.5 Å². The van der Waals surface area contributed by atoms with Gasteiger partial charge in [-0.25, -0.2) is 0 Å². The summed E-state index contributed by atoms with van der Waals surface area (Å²) < 4.78 is 0. The summed E-state index contributed by atoms with van der Waals surface area (Å²) in [6, 6.07) is 1.04. The molecule has 0 bridgehead atoms. The summed E-state index contributed by atoms with van der Waals surface area (Å²) in [5.41, 5.74) is -0.549. The lowest BCUT2D eigenvalue weighted by Gasteiger charge is -2.42. The first-order valence-electron chi connectivity index (χ1n) is 11.1. The van der Waals surface area contributed by atoms with Gasteiger partial charge in [0, 0.05) is 77.4 Å². The molecule has 1 N–H and O–H groups in total. The summed E-state index contributed by atoms with van der Waals surface area (Å²) in [4.78, 5) is 35.3. The minimum Gasteiger partial charge on any atom is -0.340 e. The van der Waals surface area contributed by atoms with E-state index in [-0.39, 0.29) is 49.0 Å². The van der Waals surface area contributed by atoms with Crippen molar-refractivity contribution in [2.45, 2.75) is 52.6 Å². The van der Waals surface area contributed by atoms with Crippen molar-refractivity contribution in [1.29, 1.82) is 0 Å². The van der Waals surface area contributed by atoms with Gasteiger partial charge in [-0.3, -0.25) is 19.4 Å². The number of nitrogens with one attached hydrogen (secondary N) is 1. The van der Waals surface area contributed by atoms with E-state index >= 15 is 0 Å². The molecule has 3 fully saturated rings. The van der Waals surface area contributed by atoms with E-state index in [2.05, 4.69) is 42.8 Å². The monoisotopic (exact) mass is 501 g/mol. The Morgan fingerprint density at radius 2 is 1.23 bits per heavy atom. The van der Waals surface area contributed by atoms with Crippen molar-refractivity contribution in [2.24, 2.45) is 5.41 Å². The molecule has 1 unspecified atom stereocenters. The lowest BCUT2D eigenvalue weighted by molar-refractivity contribution is -0.149. The summed E-state index contributed by atoms with van der Waals surface area (Å²) in [7, 11) is 0. The third-order valence-electron chi connectivity index (χ3n) is 6.92. The molecule has 1 atom stereocenters. The van der Waals surface area contributed by atoms with Crippen molar-refractivity contribution in [1.82, 2.24) is 24.9 Å². The zero-order valence-electron chi connectivity index (χ0n) is 19.5. The van der Waals surface area contributed by atoms with Gasteiger partial charge in [-0.1, -0.05) is 0 Å². The van der Waals surface area contributed by atoms with Crippen LogP contribution in [-0.2, 0) is 9.59 Å². The van der Waals surface area contributed by atoms with Crippen LogP contribution in [0, 0.1) is 5.41 Å². The fourth-order valence-corrected chi connectivity index (χ4v) is 4.82. The standard InChI is InChI=1S/C21H39N5O2.3ClH/c1-17(2)23-7-11-25(12-8-23)19(27)15-21(5-6-22-16-21)20(28)26-13-9-24(10-14-26)18(3)4;;;/h17-18,22H,5-16H2,1-4H3;3*1H. The molecule has 3 heterocycles. The highest BCUT2D eigenvalue weighted by Crippen LogP contribution is 2.33. The first-order chi connectivity index (χ1) is 13.3. The predicted molar refractivity (Wildman–Crippen MR) is 133 cm³/mol. The van der Waals surface area contributed by atoms with Crippen molar-refractivity contribution < 1.29 is 9.59 Å². The number of halogens is 3. The van der Waals surface area contributed by atoms with E-state index < -0.39 is 5.41 Å². The molecule has 10 heteroatoms. The van der Waals surface area contributed by atoms with Gasteiger partial charge < -0.3 is 15.1 Å². The minimum atomic E-state index is -0.549. The fraction of sp³-hybridized carbons (Fsp3) is 0.905. The Balaban J connectivity index is 0.00000300. The maximum absolute atomic E-state index is 13.4. The second-order valence-electron chi connectivity index (χ2n) is 9.32. The summed E-state index contributed by atoms with van der Waals surface area (Å²) >= 11 is 0. The van der Waals surface area contributed by atoms with Gasteiger partial charge in [0.2, 0.25) is 11.8 Å². The van der Waals surface area contributed by atoms with Gasteiger partial charge >= 0.3 is 0 Å². The van der Waals surface area contributed by atoms with Crippen LogP contribution >= 0.6 is 37.2 Å². The van der Waals surface area contributed by atoms with E-state index in [1.807, 2.05) is 9.80 Å². The van der Waals surface area contributed by atoms with Crippen LogP contribution in [0.3, 0.4) is 0 Å². The Kier molecular flexibility index (Phi) is 13.3. The fourth-order valence-electron chi connectivity index (χ4n) is 4.82. The predicted octanol–water partition coefficient (Wildman–Crippen LogP) is 1.73. The lowest BCUT2D eigenvalue weighted by atomic mass is 9.81. The second kappa shape index (κ2) is 13.4. The summed E-state index contributed by atoms with van der Waals surface area (Å²) in [5, 5.41) is 3.35. The van der Waals surface area contributed by atoms with E-state index in [1.165, 1.54) is 0 Å². The van der Waals surface area contributed by atoms with E-state index in [0.717, 1.165) is 65.3 Å². The van der Waals surface area contributed by atoms with Crippen LogP contribution in [0.5, 0.6) is 0 Å². The molecule has 0 aliphatic carbocycles. The Hall–Kier alpha value is -0.310. The molecule has 31 heavy (non-hydrogen) atoms. The highest BCUT2D eigenvalue weighted by molar-refractivity contribution is 5.90. The first kappa shape index (κ1) is 30.7. The molecule has 0 saturated carbocycles. The number of carbonyl (C=O) groups is 2. The average molecular weight is 503 g/mol. The van der Waals surface area contributed by atoms with E-state index in [0.29, 0.717) is 25.0 Å². The van der Waals surface area contributed by atoms with Crippen LogP contribution in [0.4, 0.5) is 0 Å². The maximum atomic E-state index is 13.4. The molecule has 2 amide bonds. The van der Waals surface area contributed by atoms with Gasteiger partial charge in [-0.15, -0.1) is 37.2 Å². The molecule has 0 aromatic carbocycles. The number of rotatable bonds is 5. The molecular formula is C21H42Cl3N5O2.